The molecule has 1 amide bonds. The molecular formula is C15H15NO2S. The molecule has 0 atom stereocenters. The van der Waals surface area contributed by atoms with Gasteiger partial charge in [-0.25, -0.2) is 0 Å². The molecule has 2 rings (SSSR count). The smallest absolute Gasteiger partial charge is 0.252 e. The van der Waals surface area contributed by atoms with Crippen molar-refractivity contribution in [3.8, 4) is 5.75 Å². The van der Waals surface area contributed by atoms with Crippen LogP contribution in [0.25, 0.3) is 0 Å². The van der Waals surface area contributed by atoms with Crippen LogP contribution in [0.5, 0.6) is 5.75 Å². The molecule has 2 aromatic carbocycles. The molecule has 0 aliphatic heterocycles. The standard InChI is InChI=1S/C15H15NO2S/c1-19-12-8-6-11(7-9-12)10-18-14-5-3-2-4-13(14)15(16)17/h2-9H,10H2,1H3,(H2,16,17). The third-order valence-electron chi connectivity index (χ3n) is 2.71. The van der Waals surface area contributed by atoms with Gasteiger partial charge in [0.15, 0.2) is 0 Å². The quantitative estimate of drug-likeness (QED) is 0.852. The van der Waals surface area contributed by atoms with E-state index in [-0.39, 0.29) is 0 Å². The second kappa shape index (κ2) is 6.29. The van der Waals surface area contributed by atoms with Gasteiger partial charge in [0.05, 0.1) is 5.56 Å². The van der Waals surface area contributed by atoms with Crippen molar-refractivity contribution in [2.24, 2.45) is 5.73 Å². The molecule has 0 fully saturated rings. The normalized spacial score (nSPS) is 10.2. The van der Waals surface area contributed by atoms with Crippen LogP contribution in [0.15, 0.2) is 53.4 Å². The van der Waals surface area contributed by atoms with Crippen molar-refractivity contribution in [1.82, 2.24) is 0 Å². The number of benzene rings is 2. The molecule has 19 heavy (non-hydrogen) atoms. The highest BCUT2D eigenvalue weighted by molar-refractivity contribution is 7.98. The van der Waals surface area contributed by atoms with E-state index in [1.807, 2.05) is 36.6 Å². The first kappa shape index (κ1) is 13.5. The first-order valence-corrected chi connectivity index (χ1v) is 7.07. The van der Waals surface area contributed by atoms with Gasteiger partial charge in [-0.3, -0.25) is 4.79 Å². The van der Waals surface area contributed by atoms with Gasteiger partial charge in [0.2, 0.25) is 0 Å². The lowest BCUT2D eigenvalue weighted by Gasteiger charge is -2.09. The molecule has 3 nitrogen and oxygen atoms in total. The number of ether oxygens (including phenoxy) is 1. The van der Waals surface area contributed by atoms with Crippen molar-refractivity contribution in [1.29, 1.82) is 0 Å². The van der Waals surface area contributed by atoms with Gasteiger partial charge >= 0.3 is 0 Å². The van der Waals surface area contributed by atoms with Gasteiger partial charge in [0, 0.05) is 4.90 Å². The Labute approximate surface area is 116 Å². The van der Waals surface area contributed by atoms with Crippen molar-refractivity contribution in [3.05, 3.63) is 59.7 Å². The first-order valence-electron chi connectivity index (χ1n) is 5.85. The highest BCUT2D eigenvalue weighted by Crippen LogP contribution is 2.20. The third-order valence-corrected chi connectivity index (χ3v) is 3.45. The number of nitrogens with two attached hydrogens (primary N) is 1. The Kier molecular flexibility index (Phi) is 4.47. The van der Waals surface area contributed by atoms with Crippen LogP contribution in [0.2, 0.25) is 0 Å². The number of thioether (sulfide) groups is 1. The molecule has 4 heteroatoms. The molecule has 0 radical (unpaired) electrons. The van der Waals surface area contributed by atoms with Crippen molar-refractivity contribution < 1.29 is 9.53 Å². The van der Waals surface area contributed by atoms with E-state index in [4.69, 9.17) is 10.5 Å². The molecular weight excluding hydrogens is 258 g/mol. The van der Waals surface area contributed by atoms with Gasteiger partial charge < -0.3 is 10.5 Å². The largest absolute Gasteiger partial charge is 0.488 e. The van der Waals surface area contributed by atoms with Crippen LogP contribution < -0.4 is 10.5 Å². The predicted molar refractivity (Wildman–Crippen MR) is 77.5 cm³/mol. The summed E-state index contributed by atoms with van der Waals surface area (Å²) >= 11 is 1.70. The van der Waals surface area contributed by atoms with Crippen LogP contribution in [-0.2, 0) is 6.61 Å². The second-order valence-corrected chi connectivity index (χ2v) is 4.88. The summed E-state index contributed by atoms with van der Waals surface area (Å²) in [4.78, 5) is 12.5. The summed E-state index contributed by atoms with van der Waals surface area (Å²) in [5.74, 6) is 0.0391. The summed E-state index contributed by atoms with van der Waals surface area (Å²) in [6.07, 6.45) is 2.04. The summed E-state index contributed by atoms with van der Waals surface area (Å²) < 4.78 is 5.65. The van der Waals surface area contributed by atoms with E-state index in [2.05, 4.69) is 0 Å². The molecule has 2 N–H and O–H groups in total. The molecule has 0 spiro atoms. The fourth-order valence-electron chi connectivity index (χ4n) is 1.68. The summed E-state index contributed by atoms with van der Waals surface area (Å²) in [6.45, 7) is 0.416. The van der Waals surface area contributed by atoms with E-state index in [1.54, 1.807) is 30.0 Å². The highest BCUT2D eigenvalue weighted by atomic mass is 32.2. The van der Waals surface area contributed by atoms with E-state index in [0.717, 1.165) is 5.56 Å². The van der Waals surface area contributed by atoms with E-state index >= 15 is 0 Å². The highest BCUT2D eigenvalue weighted by Gasteiger charge is 2.08. The fourth-order valence-corrected chi connectivity index (χ4v) is 2.09. The van der Waals surface area contributed by atoms with E-state index < -0.39 is 5.91 Å². The summed E-state index contributed by atoms with van der Waals surface area (Å²) in [6, 6.07) is 15.1. The molecule has 0 saturated carbocycles. The maximum absolute atomic E-state index is 11.3. The van der Waals surface area contributed by atoms with E-state index in [1.165, 1.54) is 4.90 Å². The molecule has 0 aromatic heterocycles. The molecule has 0 bridgehead atoms. The van der Waals surface area contributed by atoms with Gasteiger partial charge in [0.1, 0.15) is 12.4 Å². The number of para-hydroxylation sites is 1. The van der Waals surface area contributed by atoms with Crippen LogP contribution >= 0.6 is 11.8 Å². The number of hydrogen-bond acceptors (Lipinski definition) is 3. The predicted octanol–water partition coefficient (Wildman–Crippen LogP) is 3.09. The molecule has 2 aromatic rings. The van der Waals surface area contributed by atoms with Gasteiger partial charge in [-0.15, -0.1) is 11.8 Å². The molecule has 0 aliphatic rings. The zero-order chi connectivity index (χ0) is 13.7. The Bertz CT molecular complexity index is 567. The van der Waals surface area contributed by atoms with E-state index in [0.29, 0.717) is 17.9 Å². The van der Waals surface area contributed by atoms with Crippen molar-refractivity contribution in [2.45, 2.75) is 11.5 Å². The molecule has 0 heterocycles. The van der Waals surface area contributed by atoms with Crippen molar-refractivity contribution >= 4 is 17.7 Å². The lowest BCUT2D eigenvalue weighted by Crippen LogP contribution is -2.12. The summed E-state index contributed by atoms with van der Waals surface area (Å²) in [7, 11) is 0. The first-order chi connectivity index (χ1) is 9.20. The van der Waals surface area contributed by atoms with Crippen LogP contribution in [0, 0.1) is 0 Å². The van der Waals surface area contributed by atoms with Crippen molar-refractivity contribution in [2.75, 3.05) is 6.26 Å². The Hall–Kier alpha value is -1.94. The average molecular weight is 273 g/mol. The monoisotopic (exact) mass is 273 g/mol. The van der Waals surface area contributed by atoms with Gasteiger partial charge in [-0.2, -0.15) is 0 Å². The molecule has 0 aliphatic carbocycles. The molecule has 98 valence electrons. The van der Waals surface area contributed by atoms with Gasteiger partial charge in [-0.05, 0) is 36.1 Å². The van der Waals surface area contributed by atoms with Crippen molar-refractivity contribution in [3.63, 3.8) is 0 Å². The van der Waals surface area contributed by atoms with Crippen LogP contribution in [0.4, 0.5) is 0 Å². The molecule has 0 saturated heterocycles. The Morgan fingerprint density at radius 3 is 2.47 bits per heavy atom. The lowest BCUT2D eigenvalue weighted by molar-refractivity contribution is 0.0996. The summed E-state index contributed by atoms with van der Waals surface area (Å²) in [5.41, 5.74) is 6.76. The number of hydrogen-bond donors (Lipinski definition) is 1. The van der Waals surface area contributed by atoms with Crippen LogP contribution in [0.3, 0.4) is 0 Å². The number of carbonyl (C=O) groups is 1. The Balaban J connectivity index is 2.07. The maximum Gasteiger partial charge on any atom is 0.252 e. The third kappa shape index (κ3) is 3.51. The number of primary amides is 1. The van der Waals surface area contributed by atoms with Crippen LogP contribution in [-0.4, -0.2) is 12.2 Å². The topological polar surface area (TPSA) is 52.3 Å². The molecule has 0 unspecified atom stereocenters. The maximum atomic E-state index is 11.3. The SMILES string of the molecule is CSc1ccc(COc2ccccc2C(N)=O)cc1. The minimum absolute atomic E-state index is 0.406. The average Bonchev–Trinajstić information content (AvgIpc) is 2.46. The minimum Gasteiger partial charge on any atom is -0.488 e. The van der Waals surface area contributed by atoms with Crippen LogP contribution in [0.1, 0.15) is 15.9 Å². The Morgan fingerprint density at radius 2 is 1.84 bits per heavy atom. The summed E-state index contributed by atoms with van der Waals surface area (Å²) in [5, 5.41) is 0. The number of amides is 1. The minimum atomic E-state index is -0.478. The zero-order valence-electron chi connectivity index (χ0n) is 10.6. The lowest BCUT2D eigenvalue weighted by atomic mass is 10.2. The zero-order valence-corrected chi connectivity index (χ0v) is 11.4. The van der Waals surface area contributed by atoms with E-state index in [9.17, 15) is 4.79 Å². The van der Waals surface area contributed by atoms with Gasteiger partial charge in [0.25, 0.3) is 5.91 Å². The van der Waals surface area contributed by atoms with Gasteiger partial charge in [-0.1, -0.05) is 24.3 Å². The number of rotatable bonds is 5. The Morgan fingerprint density at radius 1 is 1.16 bits per heavy atom. The number of carbonyl (C=O) groups excluding carboxylic acids is 1. The fraction of sp³-hybridized carbons (Fsp3) is 0.133. The second-order valence-electron chi connectivity index (χ2n) is 4.00.